The van der Waals surface area contributed by atoms with E-state index in [2.05, 4.69) is 5.32 Å². The number of amides is 1. The molecule has 1 unspecified atom stereocenters. The van der Waals surface area contributed by atoms with Crippen LogP contribution in [0, 0.1) is 6.92 Å². The van der Waals surface area contributed by atoms with Gasteiger partial charge in [-0.05, 0) is 30.8 Å². The maximum absolute atomic E-state index is 12.1. The molecule has 0 spiro atoms. The molecule has 1 saturated heterocycles. The van der Waals surface area contributed by atoms with E-state index in [1.807, 2.05) is 29.6 Å². The topological polar surface area (TPSA) is 32.3 Å². The van der Waals surface area contributed by atoms with Crippen LogP contribution >= 0.6 is 23.7 Å². The first-order valence-corrected chi connectivity index (χ1v) is 6.15. The third-order valence-corrected chi connectivity index (χ3v) is 3.85. The van der Waals surface area contributed by atoms with Gasteiger partial charge in [0.15, 0.2) is 0 Å². The zero-order chi connectivity index (χ0) is 10.8. The SMILES string of the molecule is Cc1cscc1C(=O)N(C)C1CCNC1.Cl. The Morgan fingerprint density at radius 1 is 1.56 bits per heavy atom. The maximum Gasteiger partial charge on any atom is 0.255 e. The van der Waals surface area contributed by atoms with Gasteiger partial charge in [-0.25, -0.2) is 0 Å². The Labute approximate surface area is 106 Å². The smallest absolute Gasteiger partial charge is 0.255 e. The van der Waals surface area contributed by atoms with Gasteiger partial charge in [0.2, 0.25) is 0 Å². The fourth-order valence-electron chi connectivity index (χ4n) is 1.91. The fourth-order valence-corrected chi connectivity index (χ4v) is 2.73. The summed E-state index contributed by atoms with van der Waals surface area (Å²) in [5.41, 5.74) is 1.94. The molecule has 16 heavy (non-hydrogen) atoms. The van der Waals surface area contributed by atoms with Gasteiger partial charge in [0.25, 0.3) is 5.91 Å². The van der Waals surface area contributed by atoms with E-state index in [0.717, 1.165) is 30.6 Å². The van der Waals surface area contributed by atoms with Gasteiger partial charge in [-0.2, -0.15) is 11.3 Å². The van der Waals surface area contributed by atoms with E-state index < -0.39 is 0 Å². The molecule has 1 aromatic rings. The van der Waals surface area contributed by atoms with Crippen molar-refractivity contribution in [1.29, 1.82) is 0 Å². The van der Waals surface area contributed by atoms with Crippen LogP contribution in [0.3, 0.4) is 0 Å². The number of aryl methyl sites for hydroxylation is 1. The Morgan fingerprint density at radius 2 is 2.31 bits per heavy atom. The van der Waals surface area contributed by atoms with Crippen molar-refractivity contribution in [3.8, 4) is 0 Å². The molecule has 1 aliphatic rings. The summed E-state index contributed by atoms with van der Waals surface area (Å²) in [7, 11) is 1.90. The average Bonchev–Trinajstić information content (AvgIpc) is 2.85. The predicted octanol–water partition coefficient (Wildman–Crippen LogP) is 1.91. The summed E-state index contributed by atoms with van der Waals surface area (Å²) in [4.78, 5) is 14.0. The van der Waals surface area contributed by atoms with E-state index in [4.69, 9.17) is 0 Å². The van der Waals surface area contributed by atoms with E-state index in [1.165, 1.54) is 0 Å². The first kappa shape index (κ1) is 13.5. The fraction of sp³-hybridized carbons (Fsp3) is 0.545. The van der Waals surface area contributed by atoms with Crippen LogP contribution in [-0.4, -0.2) is 37.0 Å². The molecule has 0 bridgehead atoms. The molecule has 2 rings (SSSR count). The number of hydrogen-bond acceptors (Lipinski definition) is 3. The van der Waals surface area contributed by atoms with Crippen LogP contribution in [0.4, 0.5) is 0 Å². The molecule has 1 N–H and O–H groups in total. The summed E-state index contributed by atoms with van der Waals surface area (Å²) in [5.74, 6) is 0.155. The Morgan fingerprint density at radius 3 is 2.81 bits per heavy atom. The largest absolute Gasteiger partial charge is 0.337 e. The van der Waals surface area contributed by atoms with Crippen molar-refractivity contribution in [3.63, 3.8) is 0 Å². The summed E-state index contributed by atoms with van der Waals surface area (Å²) in [6, 6.07) is 0.358. The summed E-state index contributed by atoms with van der Waals surface area (Å²) < 4.78 is 0. The number of nitrogens with one attached hydrogen (secondary N) is 1. The summed E-state index contributed by atoms with van der Waals surface area (Å²) in [5, 5.41) is 7.24. The number of hydrogen-bond donors (Lipinski definition) is 1. The molecule has 0 radical (unpaired) electrons. The summed E-state index contributed by atoms with van der Waals surface area (Å²) >= 11 is 1.59. The molecular formula is C11H17ClN2OS. The van der Waals surface area contributed by atoms with Crippen LogP contribution in [0.5, 0.6) is 0 Å². The van der Waals surface area contributed by atoms with E-state index in [1.54, 1.807) is 11.3 Å². The van der Waals surface area contributed by atoms with E-state index in [0.29, 0.717) is 6.04 Å². The van der Waals surface area contributed by atoms with Crippen LogP contribution < -0.4 is 5.32 Å². The molecule has 1 fully saturated rings. The maximum atomic E-state index is 12.1. The highest BCUT2D eigenvalue weighted by atomic mass is 35.5. The molecule has 5 heteroatoms. The van der Waals surface area contributed by atoms with Crippen LogP contribution in [-0.2, 0) is 0 Å². The van der Waals surface area contributed by atoms with E-state index in [-0.39, 0.29) is 18.3 Å². The average molecular weight is 261 g/mol. The molecule has 2 heterocycles. The van der Waals surface area contributed by atoms with Crippen molar-refractivity contribution >= 4 is 29.7 Å². The van der Waals surface area contributed by atoms with Crippen LogP contribution in [0.1, 0.15) is 22.3 Å². The molecular weight excluding hydrogens is 244 g/mol. The molecule has 1 aliphatic heterocycles. The molecule has 0 aromatic carbocycles. The van der Waals surface area contributed by atoms with Crippen molar-refractivity contribution in [2.75, 3.05) is 20.1 Å². The highest BCUT2D eigenvalue weighted by Gasteiger charge is 2.24. The lowest BCUT2D eigenvalue weighted by Crippen LogP contribution is -2.38. The third-order valence-electron chi connectivity index (χ3n) is 2.99. The Bertz CT molecular complexity index is 361. The zero-order valence-corrected chi connectivity index (χ0v) is 11.2. The second-order valence-corrected chi connectivity index (χ2v) is 4.77. The van der Waals surface area contributed by atoms with Crippen molar-refractivity contribution < 1.29 is 4.79 Å². The molecule has 1 aromatic heterocycles. The minimum atomic E-state index is 0. The van der Waals surface area contributed by atoms with E-state index >= 15 is 0 Å². The lowest BCUT2D eigenvalue weighted by atomic mass is 10.1. The Kier molecular flexibility index (Phi) is 4.77. The number of carbonyl (C=O) groups excluding carboxylic acids is 1. The lowest BCUT2D eigenvalue weighted by molar-refractivity contribution is 0.0743. The van der Waals surface area contributed by atoms with Gasteiger partial charge in [-0.15, -0.1) is 12.4 Å². The van der Waals surface area contributed by atoms with Crippen LogP contribution in [0.25, 0.3) is 0 Å². The van der Waals surface area contributed by atoms with Crippen molar-refractivity contribution in [3.05, 3.63) is 21.9 Å². The molecule has 0 aliphatic carbocycles. The zero-order valence-electron chi connectivity index (χ0n) is 9.53. The minimum Gasteiger partial charge on any atom is -0.337 e. The van der Waals surface area contributed by atoms with Crippen LogP contribution in [0.15, 0.2) is 10.8 Å². The van der Waals surface area contributed by atoms with Crippen LogP contribution in [0.2, 0.25) is 0 Å². The number of thiophene rings is 1. The summed E-state index contributed by atoms with van der Waals surface area (Å²) in [6.07, 6.45) is 1.06. The number of nitrogens with zero attached hydrogens (tertiary/aromatic N) is 1. The number of carbonyl (C=O) groups is 1. The second kappa shape index (κ2) is 5.66. The van der Waals surface area contributed by atoms with Gasteiger partial charge in [0, 0.05) is 25.0 Å². The number of rotatable bonds is 2. The van der Waals surface area contributed by atoms with E-state index in [9.17, 15) is 4.79 Å². The molecule has 0 saturated carbocycles. The van der Waals surface area contributed by atoms with Crippen molar-refractivity contribution in [1.82, 2.24) is 10.2 Å². The predicted molar refractivity (Wildman–Crippen MR) is 69.7 cm³/mol. The summed E-state index contributed by atoms with van der Waals surface area (Å²) in [6.45, 7) is 3.93. The molecule has 90 valence electrons. The Balaban J connectivity index is 0.00000128. The highest BCUT2D eigenvalue weighted by molar-refractivity contribution is 7.08. The highest BCUT2D eigenvalue weighted by Crippen LogP contribution is 2.17. The molecule has 1 amide bonds. The normalized spacial score (nSPS) is 19.2. The van der Waals surface area contributed by atoms with Gasteiger partial charge in [-0.3, -0.25) is 4.79 Å². The quantitative estimate of drug-likeness (QED) is 0.881. The van der Waals surface area contributed by atoms with Gasteiger partial charge >= 0.3 is 0 Å². The van der Waals surface area contributed by atoms with Gasteiger partial charge < -0.3 is 10.2 Å². The first-order valence-electron chi connectivity index (χ1n) is 5.21. The number of halogens is 1. The Hall–Kier alpha value is -0.580. The van der Waals surface area contributed by atoms with Crippen molar-refractivity contribution in [2.24, 2.45) is 0 Å². The van der Waals surface area contributed by atoms with Gasteiger partial charge in [0.1, 0.15) is 0 Å². The standard InChI is InChI=1S/C11H16N2OS.ClH/c1-8-6-15-7-10(8)11(14)13(2)9-3-4-12-5-9;/h6-7,9,12H,3-5H2,1-2H3;1H. The van der Waals surface area contributed by atoms with Gasteiger partial charge in [0.05, 0.1) is 5.56 Å². The first-order chi connectivity index (χ1) is 7.20. The third kappa shape index (κ3) is 2.56. The number of likely N-dealkylation sites (N-methyl/N-ethyl adjacent to an activating group) is 1. The molecule has 3 nitrogen and oxygen atoms in total. The molecule has 1 atom stereocenters. The monoisotopic (exact) mass is 260 g/mol. The van der Waals surface area contributed by atoms with Gasteiger partial charge in [-0.1, -0.05) is 0 Å². The second-order valence-electron chi connectivity index (χ2n) is 4.03. The van der Waals surface area contributed by atoms with Crippen molar-refractivity contribution in [2.45, 2.75) is 19.4 Å². The minimum absolute atomic E-state index is 0. The lowest BCUT2D eigenvalue weighted by Gasteiger charge is -2.23.